The Bertz CT molecular complexity index is 905. The number of methoxy groups -OCH3 is 1. The Morgan fingerprint density at radius 2 is 1.81 bits per heavy atom. The summed E-state index contributed by atoms with van der Waals surface area (Å²) < 4.78 is 5.45. The Morgan fingerprint density at radius 1 is 0.962 bits per heavy atom. The van der Waals surface area contributed by atoms with Crippen LogP contribution in [0.3, 0.4) is 0 Å². The highest BCUT2D eigenvalue weighted by Gasteiger charge is 2.47. The van der Waals surface area contributed by atoms with Crippen LogP contribution in [0.1, 0.15) is 48.8 Å². The number of fused-ring (bicyclic) bond motifs is 5. The molecule has 1 saturated carbocycles. The van der Waals surface area contributed by atoms with Crippen molar-refractivity contribution in [2.75, 3.05) is 7.11 Å². The summed E-state index contributed by atoms with van der Waals surface area (Å²) in [5, 5.41) is 0. The van der Waals surface area contributed by atoms with Crippen LogP contribution in [-0.4, -0.2) is 7.11 Å². The van der Waals surface area contributed by atoms with E-state index in [0.29, 0.717) is 11.8 Å². The van der Waals surface area contributed by atoms with Gasteiger partial charge in [0.2, 0.25) is 0 Å². The van der Waals surface area contributed by atoms with Crippen LogP contribution in [0.5, 0.6) is 5.75 Å². The predicted octanol–water partition coefficient (Wildman–Crippen LogP) is 6.16. The van der Waals surface area contributed by atoms with Gasteiger partial charge in [-0.15, -0.1) is 0 Å². The van der Waals surface area contributed by atoms with Gasteiger partial charge >= 0.3 is 0 Å². The Morgan fingerprint density at radius 3 is 2.62 bits per heavy atom. The number of hydrogen-bond donors (Lipinski definition) is 0. The molecule has 0 aromatic heterocycles. The minimum absolute atomic E-state index is 0.215. The van der Waals surface area contributed by atoms with Gasteiger partial charge in [0.15, 0.2) is 0 Å². The van der Waals surface area contributed by atoms with E-state index < -0.39 is 0 Å². The largest absolute Gasteiger partial charge is 0.497 e. The van der Waals surface area contributed by atoms with Crippen molar-refractivity contribution in [2.45, 2.75) is 38.5 Å². The van der Waals surface area contributed by atoms with E-state index in [-0.39, 0.29) is 5.41 Å². The average Bonchev–Trinajstić information content (AvgIpc) is 3.05. The second-order valence-corrected chi connectivity index (χ2v) is 8.26. The zero-order valence-electron chi connectivity index (χ0n) is 15.7. The summed E-state index contributed by atoms with van der Waals surface area (Å²) in [7, 11) is 1.76. The molecule has 0 saturated heterocycles. The zero-order chi connectivity index (χ0) is 17.7. The van der Waals surface area contributed by atoms with E-state index >= 15 is 0 Å². The van der Waals surface area contributed by atoms with Gasteiger partial charge in [0.1, 0.15) is 5.75 Å². The van der Waals surface area contributed by atoms with Crippen molar-refractivity contribution in [3.05, 3.63) is 82.9 Å². The molecule has 1 nitrogen and oxygen atoms in total. The molecular weight excluding hydrogens is 316 g/mol. The van der Waals surface area contributed by atoms with Gasteiger partial charge < -0.3 is 4.74 Å². The lowest BCUT2D eigenvalue weighted by Crippen LogP contribution is -2.35. The van der Waals surface area contributed by atoms with Crippen LogP contribution in [0.15, 0.2) is 66.3 Å². The van der Waals surface area contributed by atoms with Crippen LogP contribution in [0.4, 0.5) is 0 Å². The van der Waals surface area contributed by atoms with E-state index in [1.165, 1.54) is 42.4 Å². The Balaban J connectivity index is 1.49. The number of rotatable bonds is 2. The second kappa shape index (κ2) is 5.87. The minimum atomic E-state index is 0.215. The lowest BCUT2D eigenvalue weighted by molar-refractivity contribution is 0.266. The van der Waals surface area contributed by atoms with E-state index in [1.807, 2.05) is 0 Å². The van der Waals surface area contributed by atoms with E-state index in [0.717, 1.165) is 5.75 Å². The zero-order valence-corrected chi connectivity index (χ0v) is 15.7. The maximum Gasteiger partial charge on any atom is 0.119 e. The molecule has 5 rings (SSSR count). The molecule has 1 heteroatoms. The van der Waals surface area contributed by atoms with Crippen LogP contribution in [-0.2, 0) is 6.42 Å². The van der Waals surface area contributed by atoms with Crippen molar-refractivity contribution < 1.29 is 4.74 Å². The molecule has 26 heavy (non-hydrogen) atoms. The molecule has 0 heterocycles. The van der Waals surface area contributed by atoms with Gasteiger partial charge in [0, 0.05) is 5.41 Å². The topological polar surface area (TPSA) is 9.23 Å². The fourth-order valence-corrected chi connectivity index (χ4v) is 5.73. The standard InChI is InChI=1S/C25H26O/c1-25-15-14-21-20-11-9-19(26-2)16-18(20)8-10-22(21)24(25)13-12-23(25)17-6-4-3-5-7-17/h3-7,9,11-13,16,21-22H,8,10,14-15H2,1-2H3/t21-,22-,25-/m1/s1. The molecule has 0 N–H and O–H groups in total. The Kier molecular flexibility index (Phi) is 3.60. The van der Waals surface area contributed by atoms with Gasteiger partial charge in [-0.1, -0.05) is 61.0 Å². The third-order valence-electron chi connectivity index (χ3n) is 7.06. The molecule has 0 unspecified atom stereocenters. The van der Waals surface area contributed by atoms with Gasteiger partial charge in [-0.05, 0) is 71.9 Å². The van der Waals surface area contributed by atoms with Crippen molar-refractivity contribution >= 4 is 5.57 Å². The van der Waals surface area contributed by atoms with Crippen molar-refractivity contribution in [1.29, 1.82) is 0 Å². The fraction of sp³-hybridized carbons (Fsp3) is 0.360. The number of allylic oxidation sites excluding steroid dienone is 4. The maximum atomic E-state index is 5.45. The van der Waals surface area contributed by atoms with E-state index in [2.05, 4.69) is 67.6 Å². The monoisotopic (exact) mass is 342 g/mol. The molecule has 0 amide bonds. The molecular formula is C25H26O. The first-order valence-corrected chi connectivity index (χ1v) is 9.86. The molecule has 1 fully saturated rings. The van der Waals surface area contributed by atoms with Crippen molar-refractivity contribution in [3.63, 3.8) is 0 Å². The smallest absolute Gasteiger partial charge is 0.119 e. The highest BCUT2D eigenvalue weighted by atomic mass is 16.5. The highest BCUT2D eigenvalue weighted by Crippen LogP contribution is 2.61. The van der Waals surface area contributed by atoms with Crippen molar-refractivity contribution in [3.8, 4) is 5.75 Å². The van der Waals surface area contributed by atoms with Crippen LogP contribution in [0.2, 0.25) is 0 Å². The third kappa shape index (κ3) is 2.23. The summed E-state index contributed by atoms with van der Waals surface area (Å²) in [6.45, 7) is 2.48. The van der Waals surface area contributed by atoms with Crippen LogP contribution >= 0.6 is 0 Å². The van der Waals surface area contributed by atoms with Crippen molar-refractivity contribution in [1.82, 2.24) is 0 Å². The lowest BCUT2D eigenvalue weighted by atomic mass is 9.56. The van der Waals surface area contributed by atoms with E-state index in [9.17, 15) is 0 Å². The van der Waals surface area contributed by atoms with Gasteiger partial charge in [-0.3, -0.25) is 0 Å². The molecule has 132 valence electrons. The molecule has 2 aromatic rings. The third-order valence-corrected chi connectivity index (χ3v) is 7.06. The van der Waals surface area contributed by atoms with Crippen molar-refractivity contribution in [2.24, 2.45) is 11.3 Å². The molecule has 2 aromatic carbocycles. The Hall–Kier alpha value is -2.28. The predicted molar refractivity (Wildman–Crippen MR) is 107 cm³/mol. The van der Waals surface area contributed by atoms with Crippen LogP contribution < -0.4 is 4.74 Å². The molecule has 0 bridgehead atoms. The second-order valence-electron chi connectivity index (χ2n) is 8.26. The average molecular weight is 342 g/mol. The molecule has 3 aliphatic rings. The summed E-state index contributed by atoms with van der Waals surface area (Å²) >= 11 is 0. The van der Waals surface area contributed by atoms with Gasteiger partial charge in [0.05, 0.1) is 7.11 Å². The SMILES string of the molecule is COc1ccc2c(c1)CC[C@H]1C3=CC=C(c4ccccc4)[C@@]3(C)CC[C@H]21. The molecule has 3 atom stereocenters. The molecule has 0 aliphatic heterocycles. The summed E-state index contributed by atoms with van der Waals surface area (Å²) in [6, 6.07) is 17.7. The van der Waals surface area contributed by atoms with E-state index in [4.69, 9.17) is 4.74 Å². The molecule has 3 aliphatic carbocycles. The number of benzene rings is 2. The summed E-state index contributed by atoms with van der Waals surface area (Å²) in [4.78, 5) is 0. The first kappa shape index (κ1) is 15.9. The van der Waals surface area contributed by atoms with Gasteiger partial charge in [0.25, 0.3) is 0 Å². The summed E-state index contributed by atoms with van der Waals surface area (Å²) in [5.41, 5.74) is 7.87. The van der Waals surface area contributed by atoms with Crippen LogP contribution in [0, 0.1) is 11.3 Å². The highest BCUT2D eigenvalue weighted by molar-refractivity contribution is 5.78. The lowest BCUT2D eigenvalue weighted by Gasteiger charge is -2.47. The number of ether oxygens (including phenoxy) is 1. The Labute approximate surface area is 156 Å². The minimum Gasteiger partial charge on any atom is -0.497 e. The molecule has 0 spiro atoms. The summed E-state index contributed by atoms with van der Waals surface area (Å²) in [5.74, 6) is 2.36. The first-order valence-electron chi connectivity index (χ1n) is 9.86. The van der Waals surface area contributed by atoms with Gasteiger partial charge in [-0.25, -0.2) is 0 Å². The fourth-order valence-electron chi connectivity index (χ4n) is 5.73. The number of aryl methyl sites for hydroxylation is 1. The van der Waals surface area contributed by atoms with Crippen LogP contribution in [0.25, 0.3) is 5.57 Å². The first-order chi connectivity index (χ1) is 12.7. The quantitative estimate of drug-likeness (QED) is 0.634. The molecule has 0 radical (unpaired) electrons. The number of hydrogen-bond acceptors (Lipinski definition) is 1. The normalized spacial score (nSPS) is 29.2. The maximum absolute atomic E-state index is 5.45. The van der Waals surface area contributed by atoms with E-state index in [1.54, 1.807) is 18.2 Å². The summed E-state index contributed by atoms with van der Waals surface area (Å²) in [6.07, 6.45) is 9.81. The van der Waals surface area contributed by atoms with Gasteiger partial charge in [-0.2, -0.15) is 0 Å².